The molecule has 0 aromatic carbocycles. The van der Waals surface area contributed by atoms with Gasteiger partial charge in [-0.1, -0.05) is 6.42 Å². The second-order valence-electron chi connectivity index (χ2n) is 5.88. The molecule has 2 heterocycles. The van der Waals surface area contributed by atoms with Gasteiger partial charge in [-0.3, -0.25) is 0 Å². The molecule has 118 valence electrons. The van der Waals surface area contributed by atoms with Crippen LogP contribution in [0.3, 0.4) is 0 Å². The van der Waals surface area contributed by atoms with Crippen LogP contribution in [-0.4, -0.2) is 81.3 Å². The minimum atomic E-state index is -3.30. The fourth-order valence-electron chi connectivity index (χ4n) is 3.12. The van der Waals surface area contributed by atoms with E-state index in [1.54, 1.807) is 8.61 Å². The van der Waals surface area contributed by atoms with Crippen molar-refractivity contribution in [1.82, 2.24) is 18.8 Å². The summed E-state index contributed by atoms with van der Waals surface area (Å²) in [4.78, 5) is 2.21. The number of nitrogens with zero attached hydrogens (tertiary/aromatic N) is 3. The Morgan fingerprint density at radius 2 is 1.85 bits per heavy atom. The first kappa shape index (κ1) is 16.2. The lowest BCUT2D eigenvalue weighted by atomic mass is 10.1. The van der Waals surface area contributed by atoms with Crippen molar-refractivity contribution in [2.75, 3.05) is 53.4 Å². The SMILES string of the molecule is CNCC1CCCCN1S(=O)(=O)N1CCCN(C)CC1. The Hall–Kier alpha value is -0.210. The van der Waals surface area contributed by atoms with Crippen molar-refractivity contribution in [2.45, 2.75) is 31.7 Å². The van der Waals surface area contributed by atoms with Gasteiger partial charge in [-0.05, 0) is 39.9 Å². The van der Waals surface area contributed by atoms with E-state index in [4.69, 9.17) is 0 Å². The molecule has 2 saturated heterocycles. The molecule has 0 bridgehead atoms. The summed E-state index contributed by atoms with van der Waals surface area (Å²) in [7, 11) is 0.642. The summed E-state index contributed by atoms with van der Waals surface area (Å²) >= 11 is 0. The molecule has 1 atom stereocenters. The molecule has 7 heteroatoms. The Morgan fingerprint density at radius 3 is 2.60 bits per heavy atom. The van der Waals surface area contributed by atoms with Crippen molar-refractivity contribution < 1.29 is 8.42 Å². The Bertz CT molecular complexity index is 399. The number of rotatable bonds is 4. The molecule has 20 heavy (non-hydrogen) atoms. The van der Waals surface area contributed by atoms with E-state index in [-0.39, 0.29) is 6.04 Å². The minimum absolute atomic E-state index is 0.111. The maximum absolute atomic E-state index is 12.9. The van der Waals surface area contributed by atoms with Gasteiger partial charge in [-0.2, -0.15) is 17.0 Å². The monoisotopic (exact) mass is 304 g/mol. The number of likely N-dealkylation sites (N-methyl/N-ethyl adjacent to an activating group) is 2. The third-order valence-corrected chi connectivity index (χ3v) is 6.41. The van der Waals surface area contributed by atoms with E-state index in [1.807, 2.05) is 7.05 Å². The highest BCUT2D eigenvalue weighted by molar-refractivity contribution is 7.86. The molecule has 6 nitrogen and oxygen atoms in total. The van der Waals surface area contributed by atoms with Gasteiger partial charge in [0.15, 0.2) is 0 Å². The third-order valence-electron chi connectivity index (χ3n) is 4.31. The first-order chi connectivity index (χ1) is 9.55. The molecule has 0 saturated carbocycles. The fourth-order valence-corrected chi connectivity index (χ4v) is 5.00. The lowest BCUT2D eigenvalue weighted by Crippen LogP contribution is -2.53. The normalized spacial score (nSPS) is 28.4. The quantitative estimate of drug-likeness (QED) is 0.791. The van der Waals surface area contributed by atoms with Crippen molar-refractivity contribution in [3.63, 3.8) is 0 Å². The second kappa shape index (κ2) is 7.17. The second-order valence-corrected chi connectivity index (χ2v) is 7.76. The Kier molecular flexibility index (Phi) is 5.80. The molecule has 0 amide bonds. The van der Waals surface area contributed by atoms with Crippen molar-refractivity contribution in [2.24, 2.45) is 0 Å². The summed E-state index contributed by atoms with van der Waals surface area (Å²) in [5.74, 6) is 0. The molecular weight excluding hydrogens is 276 g/mol. The number of hydrogen-bond acceptors (Lipinski definition) is 4. The molecule has 2 rings (SSSR count). The van der Waals surface area contributed by atoms with Crippen molar-refractivity contribution >= 4 is 10.2 Å². The van der Waals surface area contributed by atoms with Crippen LogP contribution in [0, 0.1) is 0 Å². The van der Waals surface area contributed by atoms with Crippen molar-refractivity contribution in [3.8, 4) is 0 Å². The topological polar surface area (TPSA) is 55.9 Å². The lowest BCUT2D eigenvalue weighted by molar-refractivity contribution is 0.228. The summed E-state index contributed by atoms with van der Waals surface area (Å²) in [6.45, 7) is 4.47. The maximum Gasteiger partial charge on any atom is 0.282 e. The maximum atomic E-state index is 12.9. The Balaban J connectivity index is 2.10. The van der Waals surface area contributed by atoms with Gasteiger partial charge in [0.25, 0.3) is 10.2 Å². The van der Waals surface area contributed by atoms with Crippen LogP contribution in [0.1, 0.15) is 25.7 Å². The summed E-state index contributed by atoms with van der Waals surface area (Å²) in [5, 5.41) is 3.13. The van der Waals surface area contributed by atoms with Gasteiger partial charge in [0.2, 0.25) is 0 Å². The molecule has 2 aliphatic rings. The average molecular weight is 304 g/mol. The van der Waals surface area contributed by atoms with E-state index in [1.165, 1.54) is 0 Å². The summed E-state index contributed by atoms with van der Waals surface area (Å²) in [6, 6.07) is 0.111. The van der Waals surface area contributed by atoms with Gasteiger partial charge in [0, 0.05) is 38.8 Å². The molecule has 1 N–H and O–H groups in total. The van der Waals surface area contributed by atoms with E-state index in [9.17, 15) is 8.42 Å². The van der Waals surface area contributed by atoms with Gasteiger partial charge in [-0.25, -0.2) is 0 Å². The van der Waals surface area contributed by atoms with Crippen LogP contribution in [0.15, 0.2) is 0 Å². The van der Waals surface area contributed by atoms with Gasteiger partial charge >= 0.3 is 0 Å². The van der Waals surface area contributed by atoms with Gasteiger partial charge in [-0.15, -0.1) is 0 Å². The average Bonchev–Trinajstić information content (AvgIpc) is 2.65. The molecule has 2 fully saturated rings. The standard InChI is InChI=1S/C13H28N4O2S/c1-14-12-13-6-3-4-9-17(13)20(18,19)16-8-5-7-15(2)10-11-16/h13-14H,3-12H2,1-2H3. The number of nitrogens with one attached hydrogen (secondary N) is 1. The van der Waals surface area contributed by atoms with Crippen molar-refractivity contribution in [3.05, 3.63) is 0 Å². The lowest BCUT2D eigenvalue weighted by Gasteiger charge is -2.37. The summed E-state index contributed by atoms with van der Waals surface area (Å²) in [5.41, 5.74) is 0. The zero-order valence-electron chi connectivity index (χ0n) is 12.7. The molecule has 0 radical (unpaired) electrons. The highest BCUT2D eigenvalue weighted by Gasteiger charge is 2.36. The van der Waals surface area contributed by atoms with Crippen LogP contribution in [0.5, 0.6) is 0 Å². The first-order valence-electron chi connectivity index (χ1n) is 7.66. The highest BCUT2D eigenvalue weighted by atomic mass is 32.2. The summed E-state index contributed by atoms with van der Waals surface area (Å²) < 4.78 is 29.2. The molecule has 0 aliphatic carbocycles. The minimum Gasteiger partial charge on any atom is -0.318 e. The van der Waals surface area contributed by atoms with Crippen LogP contribution in [0.2, 0.25) is 0 Å². The summed E-state index contributed by atoms with van der Waals surface area (Å²) in [6.07, 6.45) is 3.99. The van der Waals surface area contributed by atoms with Crippen LogP contribution in [0.25, 0.3) is 0 Å². The molecule has 0 aromatic rings. The zero-order valence-corrected chi connectivity index (χ0v) is 13.5. The smallest absolute Gasteiger partial charge is 0.282 e. The van der Waals surface area contributed by atoms with E-state index in [0.717, 1.165) is 45.3 Å². The van der Waals surface area contributed by atoms with E-state index in [2.05, 4.69) is 17.3 Å². The molecule has 2 aliphatic heterocycles. The van der Waals surface area contributed by atoms with Gasteiger partial charge in [0.1, 0.15) is 0 Å². The number of hydrogen-bond donors (Lipinski definition) is 1. The molecule has 0 spiro atoms. The van der Waals surface area contributed by atoms with Crippen LogP contribution < -0.4 is 5.32 Å². The van der Waals surface area contributed by atoms with Crippen LogP contribution >= 0.6 is 0 Å². The van der Waals surface area contributed by atoms with E-state index in [0.29, 0.717) is 19.6 Å². The molecule has 1 unspecified atom stereocenters. The zero-order chi connectivity index (χ0) is 14.6. The van der Waals surface area contributed by atoms with Crippen molar-refractivity contribution in [1.29, 1.82) is 0 Å². The third kappa shape index (κ3) is 3.71. The van der Waals surface area contributed by atoms with Gasteiger partial charge in [0.05, 0.1) is 0 Å². The van der Waals surface area contributed by atoms with Crippen LogP contribution in [-0.2, 0) is 10.2 Å². The van der Waals surface area contributed by atoms with E-state index < -0.39 is 10.2 Å². The van der Waals surface area contributed by atoms with E-state index >= 15 is 0 Å². The first-order valence-corrected chi connectivity index (χ1v) is 9.05. The largest absolute Gasteiger partial charge is 0.318 e. The molecular formula is C13H28N4O2S. The predicted octanol–water partition coefficient (Wildman–Crippen LogP) is -0.0574. The Labute approximate surface area is 123 Å². The highest BCUT2D eigenvalue weighted by Crippen LogP contribution is 2.23. The number of piperidine rings is 1. The van der Waals surface area contributed by atoms with Gasteiger partial charge < -0.3 is 10.2 Å². The Morgan fingerprint density at radius 1 is 1.05 bits per heavy atom. The van der Waals surface area contributed by atoms with Crippen LogP contribution in [0.4, 0.5) is 0 Å². The predicted molar refractivity (Wildman–Crippen MR) is 80.9 cm³/mol. The fraction of sp³-hybridized carbons (Fsp3) is 1.00. The molecule has 0 aromatic heterocycles.